The minimum Gasteiger partial charge on any atom is -0.385 e. The lowest BCUT2D eigenvalue weighted by atomic mass is 9.75. The van der Waals surface area contributed by atoms with Crippen molar-refractivity contribution in [2.75, 3.05) is 6.26 Å². The Morgan fingerprint density at radius 3 is 2.43 bits per heavy atom. The van der Waals surface area contributed by atoms with Gasteiger partial charge in [0, 0.05) is 37.0 Å². The van der Waals surface area contributed by atoms with Crippen LogP contribution in [0.15, 0.2) is 17.0 Å². The average Bonchev–Trinajstić information content (AvgIpc) is 2.69. The Kier molecular flexibility index (Phi) is 3.76. The molecule has 1 aromatic rings. The lowest BCUT2D eigenvalue weighted by Gasteiger charge is -2.37. The predicted octanol–water partition coefficient (Wildman–Crippen LogP) is 3.07. The number of alkyl halides is 4. The first-order valence-corrected chi connectivity index (χ1v) is 9.10. The first-order chi connectivity index (χ1) is 10.5. The van der Waals surface area contributed by atoms with Crippen LogP contribution >= 0.6 is 0 Å². The molecule has 2 aliphatic rings. The number of hydrogen-bond donors (Lipinski definition) is 1. The van der Waals surface area contributed by atoms with Crippen LogP contribution in [-0.4, -0.2) is 31.9 Å². The number of halogens is 4. The number of aliphatic hydroxyl groups is 1. The van der Waals surface area contributed by atoms with E-state index in [2.05, 4.69) is 0 Å². The molecule has 1 N–H and O–H groups in total. The smallest absolute Gasteiger partial charge is 0.248 e. The van der Waals surface area contributed by atoms with Crippen LogP contribution in [0.5, 0.6) is 0 Å². The van der Waals surface area contributed by atoms with Crippen LogP contribution < -0.4 is 0 Å². The molecule has 3 rings (SSSR count). The van der Waals surface area contributed by atoms with Crippen LogP contribution in [0.2, 0.25) is 0 Å². The van der Waals surface area contributed by atoms with E-state index in [1.807, 2.05) is 0 Å². The summed E-state index contributed by atoms with van der Waals surface area (Å²) in [7, 11) is -3.73. The number of sulfone groups is 1. The van der Waals surface area contributed by atoms with Crippen molar-refractivity contribution in [1.82, 2.24) is 0 Å². The highest BCUT2D eigenvalue weighted by Crippen LogP contribution is 2.52. The molecule has 3 atom stereocenters. The summed E-state index contributed by atoms with van der Waals surface area (Å²) in [6.45, 7) is 0. The van der Waals surface area contributed by atoms with E-state index in [9.17, 15) is 31.1 Å². The van der Waals surface area contributed by atoms with E-state index in [4.69, 9.17) is 0 Å². The van der Waals surface area contributed by atoms with E-state index in [-0.39, 0.29) is 28.0 Å². The summed E-state index contributed by atoms with van der Waals surface area (Å²) in [5.74, 6) is -3.76. The van der Waals surface area contributed by atoms with Gasteiger partial charge in [-0.2, -0.15) is 0 Å². The Morgan fingerprint density at radius 1 is 1.30 bits per heavy atom. The molecule has 3 nitrogen and oxygen atoms in total. The molecule has 0 bridgehead atoms. The van der Waals surface area contributed by atoms with Crippen LogP contribution in [0.25, 0.3) is 0 Å². The summed E-state index contributed by atoms with van der Waals surface area (Å²) in [5, 5.41) is 9.91. The first kappa shape index (κ1) is 16.7. The first-order valence-electron chi connectivity index (χ1n) is 7.21. The van der Waals surface area contributed by atoms with Crippen molar-refractivity contribution in [1.29, 1.82) is 0 Å². The Morgan fingerprint density at radius 2 is 1.91 bits per heavy atom. The Hall–Kier alpha value is -1.15. The minimum absolute atomic E-state index is 0.00657. The number of rotatable bonds is 3. The van der Waals surface area contributed by atoms with Gasteiger partial charge in [0.05, 0.1) is 4.90 Å². The molecular formula is C15H16F4O3S. The molecule has 0 radical (unpaired) electrons. The molecule has 0 spiro atoms. The van der Waals surface area contributed by atoms with Gasteiger partial charge in [-0.05, 0) is 17.2 Å². The molecule has 0 heterocycles. The molecule has 128 valence electrons. The fourth-order valence-corrected chi connectivity index (χ4v) is 4.41. The van der Waals surface area contributed by atoms with Gasteiger partial charge in [-0.25, -0.2) is 26.0 Å². The zero-order valence-electron chi connectivity index (χ0n) is 12.3. The number of benzene rings is 1. The lowest BCUT2D eigenvalue weighted by molar-refractivity contribution is -0.130. The van der Waals surface area contributed by atoms with Crippen LogP contribution in [-0.2, 0) is 16.3 Å². The van der Waals surface area contributed by atoms with Crippen molar-refractivity contribution in [3.05, 3.63) is 28.8 Å². The van der Waals surface area contributed by atoms with Crippen molar-refractivity contribution >= 4 is 9.84 Å². The van der Waals surface area contributed by atoms with E-state index in [1.165, 1.54) is 6.07 Å². The maximum absolute atomic E-state index is 14.6. The number of fused-ring (bicyclic) bond motifs is 1. The Balaban J connectivity index is 2.05. The SMILES string of the molecule is CS(=O)(=O)c1ccc([C@@H](F)C2CC(F)(F)C2)c2c1[C@H](O)[C@H](F)C2. The topological polar surface area (TPSA) is 54.4 Å². The van der Waals surface area contributed by atoms with Crippen molar-refractivity contribution in [3.8, 4) is 0 Å². The van der Waals surface area contributed by atoms with Crippen molar-refractivity contribution in [2.45, 2.75) is 48.5 Å². The van der Waals surface area contributed by atoms with Gasteiger partial charge >= 0.3 is 0 Å². The van der Waals surface area contributed by atoms with Gasteiger partial charge in [0.25, 0.3) is 0 Å². The molecule has 2 aliphatic carbocycles. The molecule has 1 saturated carbocycles. The molecule has 23 heavy (non-hydrogen) atoms. The largest absolute Gasteiger partial charge is 0.385 e. The fraction of sp³-hybridized carbons (Fsp3) is 0.600. The maximum Gasteiger partial charge on any atom is 0.248 e. The van der Waals surface area contributed by atoms with Gasteiger partial charge in [-0.15, -0.1) is 0 Å². The van der Waals surface area contributed by atoms with Crippen LogP contribution in [0, 0.1) is 5.92 Å². The van der Waals surface area contributed by atoms with E-state index >= 15 is 0 Å². The molecular weight excluding hydrogens is 336 g/mol. The predicted molar refractivity (Wildman–Crippen MR) is 74.6 cm³/mol. The number of hydrogen-bond acceptors (Lipinski definition) is 3. The van der Waals surface area contributed by atoms with E-state index < -0.39 is 53.0 Å². The third-order valence-corrected chi connectivity index (χ3v) is 5.78. The molecule has 8 heteroatoms. The van der Waals surface area contributed by atoms with Crippen LogP contribution in [0.4, 0.5) is 17.6 Å². The Bertz CT molecular complexity index is 739. The lowest BCUT2D eigenvalue weighted by Crippen LogP contribution is -2.38. The van der Waals surface area contributed by atoms with E-state index in [0.29, 0.717) is 0 Å². The summed E-state index contributed by atoms with van der Waals surface area (Å²) in [6.07, 6.45) is -5.68. The second-order valence-corrected chi connectivity index (χ2v) is 8.39. The molecule has 0 aliphatic heterocycles. The third-order valence-electron chi connectivity index (χ3n) is 4.62. The zero-order chi connectivity index (χ0) is 17.2. The van der Waals surface area contributed by atoms with Crippen molar-refractivity contribution in [2.24, 2.45) is 5.92 Å². The highest BCUT2D eigenvalue weighted by Gasteiger charge is 2.50. The van der Waals surface area contributed by atoms with Crippen molar-refractivity contribution in [3.63, 3.8) is 0 Å². The molecule has 0 aromatic heterocycles. The third kappa shape index (κ3) is 2.76. The molecule has 1 fully saturated rings. The second-order valence-electron chi connectivity index (χ2n) is 6.41. The van der Waals surface area contributed by atoms with E-state index in [0.717, 1.165) is 12.3 Å². The Labute approximate surface area is 131 Å². The van der Waals surface area contributed by atoms with E-state index in [1.54, 1.807) is 0 Å². The van der Waals surface area contributed by atoms with Gasteiger partial charge in [0.15, 0.2) is 9.84 Å². The highest BCUT2D eigenvalue weighted by atomic mass is 32.2. The highest BCUT2D eigenvalue weighted by molar-refractivity contribution is 7.90. The summed E-state index contributed by atoms with van der Waals surface area (Å²) in [4.78, 5) is -0.241. The normalized spacial score (nSPS) is 28.3. The van der Waals surface area contributed by atoms with Gasteiger partial charge in [-0.1, -0.05) is 6.07 Å². The fourth-order valence-electron chi connectivity index (χ4n) is 3.45. The number of aliphatic hydroxyl groups excluding tert-OH is 1. The van der Waals surface area contributed by atoms with Crippen molar-refractivity contribution < 1.29 is 31.1 Å². The molecule has 1 aromatic carbocycles. The zero-order valence-corrected chi connectivity index (χ0v) is 13.1. The standard InChI is InChI=1S/C15H16F4O3S/c1-23(21,22)11-3-2-8(9-4-10(16)14(20)12(9)11)13(17)7-5-15(18,19)6-7/h2-3,7,10,13-14,20H,4-6H2,1H3/t10-,13+,14-/m1/s1. The van der Waals surface area contributed by atoms with Gasteiger partial charge in [0.1, 0.15) is 18.4 Å². The molecule has 0 amide bonds. The summed E-state index contributed by atoms with van der Waals surface area (Å²) < 4.78 is 77.9. The minimum atomic E-state index is -3.73. The van der Waals surface area contributed by atoms with Crippen LogP contribution in [0.3, 0.4) is 0 Å². The molecule has 0 saturated heterocycles. The maximum atomic E-state index is 14.6. The molecule has 0 unspecified atom stereocenters. The summed E-state index contributed by atoms with van der Waals surface area (Å²) >= 11 is 0. The quantitative estimate of drug-likeness (QED) is 0.851. The van der Waals surface area contributed by atoms with Gasteiger partial charge in [-0.3, -0.25) is 0 Å². The monoisotopic (exact) mass is 352 g/mol. The van der Waals surface area contributed by atoms with Crippen LogP contribution in [0.1, 0.15) is 41.8 Å². The second kappa shape index (κ2) is 5.17. The van der Waals surface area contributed by atoms with Gasteiger partial charge < -0.3 is 5.11 Å². The van der Waals surface area contributed by atoms with Gasteiger partial charge in [0.2, 0.25) is 5.92 Å². The summed E-state index contributed by atoms with van der Waals surface area (Å²) in [6, 6.07) is 2.33. The average molecular weight is 352 g/mol. The summed E-state index contributed by atoms with van der Waals surface area (Å²) in [5.41, 5.74) is -0.0334.